The monoisotopic (exact) mass is 371 g/mol. The molecule has 2 aromatic heterocycles. The molecule has 8 heteroatoms. The van der Waals surface area contributed by atoms with E-state index in [1.807, 2.05) is 20.8 Å². The lowest BCUT2D eigenvalue weighted by Crippen LogP contribution is -2.46. The van der Waals surface area contributed by atoms with Crippen LogP contribution in [0.25, 0.3) is 5.82 Å². The van der Waals surface area contributed by atoms with E-state index >= 15 is 0 Å². The summed E-state index contributed by atoms with van der Waals surface area (Å²) in [7, 11) is 0. The van der Waals surface area contributed by atoms with Crippen LogP contribution in [0.1, 0.15) is 61.5 Å². The molecule has 144 valence electrons. The van der Waals surface area contributed by atoms with Gasteiger partial charge < -0.3 is 15.2 Å². The van der Waals surface area contributed by atoms with E-state index in [1.54, 1.807) is 23.3 Å². The molecule has 2 aliphatic heterocycles. The van der Waals surface area contributed by atoms with E-state index in [2.05, 4.69) is 20.4 Å². The summed E-state index contributed by atoms with van der Waals surface area (Å²) in [5.74, 6) is 0.292. The number of nitrogens with zero attached hydrogens (tertiary/aromatic N) is 4. The number of aliphatic hydroxyl groups is 1. The highest BCUT2D eigenvalue weighted by Gasteiger charge is 2.41. The first-order chi connectivity index (χ1) is 12.9. The number of carbonyl (C=O) groups is 1. The zero-order valence-corrected chi connectivity index (χ0v) is 15.8. The van der Waals surface area contributed by atoms with Gasteiger partial charge in [-0.2, -0.15) is 5.10 Å². The van der Waals surface area contributed by atoms with Gasteiger partial charge in [-0.15, -0.1) is 0 Å². The van der Waals surface area contributed by atoms with Gasteiger partial charge in [0, 0.05) is 24.4 Å². The number of nitrogens with one attached hydrogen (secondary N) is 1. The van der Waals surface area contributed by atoms with Crippen molar-refractivity contribution in [2.75, 3.05) is 6.61 Å². The number of aromatic nitrogens is 4. The molecule has 0 unspecified atom stereocenters. The fourth-order valence-corrected chi connectivity index (χ4v) is 3.80. The highest BCUT2D eigenvalue weighted by molar-refractivity contribution is 5.94. The predicted molar refractivity (Wildman–Crippen MR) is 97.5 cm³/mol. The Balaban J connectivity index is 1.75. The van der Waals surface area contributed by atoms with Gasteiger partial charge in [-0.1, -0.05) is 20.8 Å². The molecule has 0 saturated carbocycles. The summed E-state index contributed by atoms with van der Waals surface area (Å²) < 4.78 is 7.74. The Hall–Kier alpha value is -2.32. The van der Waals surface area contributed by atoms with Crippen LogP contribution < -0.4 is 5.32 Å². The van der Waals surface area contributed by atoms with Crippen LogP contribution in [0.4, 0.5) is 0 Å². The van der Waals surface area contributed by atoms with Gasteiger partial charge in [0.25, 0.3) is 5.91 Å². The van der Waals surface area contributed by atoms with Crippen LogP contribution in [0.15, 0.2) is 18.6 Å². The lowest BCUT2D eigenvalue weighted by Gasteiger charge is -2.29. The van der Waals surface area contributed by atoms with Crippen molar-refractivity contribution < 1.29 is 14.6 Å². The summed E-state index contributed by atoms with van der Waals surface area (Å²) in [6.07, 6.45) is 7.43. The molecule has 2 aromatic rings. The zero-order chi connectivity index (χ0) is 19.2. The molecule has 1 fully saturated rings. The van der Waals surface area contributed by atoms with Crippen molar-refractivity contribution in [2.45, 2.75) is 58.3 Å². The smallest absolute Gasteiger partial charge is 0.272 e. The second kappa shape index (κ2) is 6.69. The van der Waals surface area contributed by atoms with Gasteiger partial charge in [0.15, 0.2) is 11.5 Å². The Morgan fingerprint density at radius 3 is 2.89 bits per heavy atom. The zero-order valence-electron chi connectivity index (χ0n) is 15.8. The molecular weight excluding hydrogens is 346 g/mol. The van der Waals surface area contributed by atoms with Gasteiger partial charge in [0.1, 0.15) is 6.10 Å². The van der Waals surface area contributed by atoms with Gasteiger partial charge >= 0.3 is 0 Å². The van der Waals surface area contributed by atoms with Crippen LogP contribution in [0.3, 0.4) is 0 Å². The quantitative estimate of drug-likeness (QED) is 0.846. The fraction of sp³-hybridized carbons (Fsp3) is 0.579. The SMILES string of the molecule is CC(C)(C)[C@@H](CO)NC(=O)c1nn(-c2cnccn2)c2c1C[C@H]1CC[C@@H]2O1. The van der Waals surface area contributed by atoms with Crippen LogP contribution in [0.5, 0.6) is 0 Å². The van der Waals surface area contributed by atoms with Crippen LogP contribution >= 0.6 is 0 Å². The molecule has 27 heavy (non-hydrogen) atoms. The van der Waals surface area contributed by atoms with Gasteiger partial charge in [0.05, 0.1) is 30.6 Å². The topological polar surface area (TPSA) is 102 Å². The van der Waals surface area contributed by atoms with E-state index in [-0.39, 0.29) is 36.2 Å². The molecule has 2 aliphatic rings. The lowest BCUT2D eigenvalue weighted by molar-refractivity contribution is 0.0284. The molecule has 4 heterocycles. The molecule has 0 aliphatic carbocycles. The average Bonchev–Trinajstić information content (AvgIpc) is 3.21. The summed E-state index contributed by atoms with van der Waals surface area (Å²) in [6, 6.07) is -0.362. The second-order valence-corrected chi connectivity index (χ2v) is 8.29. The standard InChI is InChI=1S/C19H25N5O3/c1-19(2,3)14(10-25)22-18(26)16-12-8-11-4-5-13(27-11)17(12)24(23-16)15-9-20-6-7-21-15/h6-7,9,11,13-14,25H,4-5,8,10H2,1-3H3,(H,22,26)/t11-,13+,14-/m1/s1. The van der Waals surface area contributed by atoms with Crippen molar-refractivity contribution in [3.8, 4) is 5.82 Å². The molecule has 0 aromatic carbocycles. The maximum absolute atomic E-state index is 13.0. The highest BCUT2D eigenvalue weighted by atomic mass is 16.5. The molecule has 2 N–H and O–H groups in total. The molecule has 2 bridgehead atoms. The Labute approximate surface area is 158 Å². The predicted octanol–water partition coefficient (Wildman–Crippen LogP) is 1.58. The van der Waals surface area contributed by atoms with E-state index in [4.69, 9.17) is 4.74 Å². The molecule has 0 radical (unpaired) electrons. The number of hydrogen-bond donors (Lipinski definition) is 2. The number of ether oxygens (including phenoxy) is 1. The summed E-state index contributed by atoms with van der Waals surface area (Å²) in [4.78, 5) is 21.5. The normalized spacial score (nSPS) is 22.4. The Morgan fingerprint density at radius 1 is 1.41 bits per heavy atom. The number of rotatable bonds is 4. The summed E-state index contributed by atoms with van der Waals surface area (Å²) in [5, 5.41) is 17.2. The maximum Gasteiger partial charge on any atom is 0.272 e. The van der Waals surface area contributed by atoms with Crippen molar-refractivity contribution in [3.63, 3.8) is 0 Å². The first-order valence-electron chi connectivity index (χ1n) is 9.34. The number of hydrogen-bond acceptors (Lipinski definition) is 6. The third-order valence-electron chi connectivity index (χ3n) is 5.38. The number of carbonyl (C=O) groups excluding carboxylic acids is 1. The number of amides is 1. The maximum atomic E-state index is 13.0. The third kappa shape index (κ3) is 3.23. The first-order valence-corrected chi connectivity index (χ1v) is 9.34. The van der Waals surface area contributed by atoms with E-state index < -0.39 is 0 Å². The number of aliphatic hydroxyl groups excluding tert-OH is 1. The van der Waals surface area contributed by atoms with Crippen molar-refractivity contribution in [1.82, 2.24) is 25.1 Å². The van der Waals surface area contributed by atoms with Crippen LogP contribution in [0.2, 0.25) is 0 Å². The van der Waals surface area contributed by atoms with E-state index in [0.717, 1.165) is 24.1 Å². The second-order valence-electron chi connectivity index (χ2n) is 8.29. The summed E-state index contributed by atoms with van der Waals surface area (Å²) >= 11 is 0. The molecule has 3 atom stereocenters. The van der Waals surface area contributed by atoms with Crippen molar-refractivity contribution >= 4 is 5.91 Å². The summed E-state index contributed by atoms with van der Waals surface area (Å²) in [6.45, 7) is 5.82. The van der Waals surface area contributed by atoms with Gasteiger partial charge in [-0.05, 0) is 18.3 Å². The fourth-order valence-electron chi connectivity index (χ4n) is 3.80. The molecular formula is C19H25N5O3. The highest BCUT2D eigenvalue weighted by Crippen LogP contribution is 2.42. The minimum absolute atomic E-state index is 0.0777. The van der Waals surface area contributed by atoms with E-state index in [0.29, 0.717) is 17.9 Å². The molecule has 1 saturated heterocycles. The minimum atomic E-state index is -0.362. The van der Waals surface area contributed by atoms with E-state index in [1.165, 1.54) is 0 Å². The number of fused-ring (bicyclic) bond motifs is 4. The molecule has 1 amide bonds. The largest absolute Gasteiger partial charge is 0.394 e. The van der Waals surface area contributed by atoms with Gasteiger partial charge in [-0.3, -0.25) is 9.78 Å². The third-order valence-corrected chi connectivity index (χ3v) is 5.38. The van der Waals surface area contributed by atoms with Crippen LogP contribution in [-0.4, -0.2) is 49.5 Å². The van der Waals surface area contributed by atoms with Crippen molar-refractivity contribution in [3.05, 3.63) is 35.5 Å². The van der Waals surface area contributed by atoms with Crippen LogP contribution in [0, 0.1) is 5.41 Å². The Morgan fingerprint density at radius 2 is 2.22 bits per heavy atom. The van der Waals surface area contributed by atoms with Crippen molar-refractivity contribution in [2.24, 2.45) is 5.41 Å². The molecule has 8 nitrogen and oxygen atoms in total. The van der Waals surface area contributed by atoms with E-state index in [9.17, 15) is 9.90 Å². The van der Waals surface area contributed by atoms with Gasteiger partial charge in [-0.25, -0.2) is 9.67 Å². The average molecular weight is 371 g/mol. The summed E-state index contributed by atoms with van der Waals surface area (Å²) in [5.41, 5.74) is 1.94. The molecule has 4 rings (SSSR count). The van der Waals surface area contributed by atoms with Gasteiger partial charge in [0.2, 0.25) is 0 Å². The molecule has 0 spiro atoms. The Bertz CT molecular complexity index is 843. The van der Waals surface area contributed by atoms with Crippen molar-refractivity contribution in [1.29, 1.82) is 0 Å². The minimum Gasteiger partial charge on any atom is -0.394 e. The first kappa shape index (κ1) is 18.1. The van der Waals surface area contributed by atoms with Crippen LogP contribution in [-0.2, 0) is 11.2 Å². The lowest BCUT2D eigenvalue weighted by atomic mass is 9.87. The Kier molecular flexibility index (Phi) is 4.47.